The highest BCUT2D eigenvalue weighted by Gasteiger charge is 2.28. The fourth-order valence-electron chi connectivity index (χ4n) is 0.405. The molecule has 0 heterocycles. The molecular weight excluding hydrogens is 231 g/mol. The monoisotopic (exact) mass is 239 g/mol. The molecule has 0 saturated carbocycles. The van der Waals surface area contributed by atoms with Gasteiger partial charge in [-0.25, -0.2) is 0 Å². The Bertz CT molecular complexity index is 250. The van der Waals surface area contributed by atoms with Crippen LogP contribution in [0.15, 0.2) is 0 Å². The number of hydrogen-bond acceptors (Lipinski definition) is 3. The molecule has 0 aliphatic heterocycles. The van der Waals surface area contributed by atoms with E-state index in [2.05, 4.69) is 0 Å². The molecular formula is C4H8F3NO3S2. The summed E-state index contributed by atoms with van der Waals surface area (Å²) >= 11 is -0.339. The van der Waals surface area contributed by atoms with Crippen LogP contribution in [0.3, 0.4) is 0 Å². The van der Waals surface area contributed by atoms with Crippen LogP contribution in [0.4, 0.5) is 13.2 Å². The topological polar surface area (TPSA) is 57.6 Å². The molecule has 0 bridgehead atoms. The predicted octanol–water partition coefficient (Wildman–Crippen LogP) is 0.974. The van der Waals surface area contributed by atoms with Crippen molar-refractivity contribution in [3.63, 3.8) is 0 Å². The number of thioether (sulfide) groups is 1. The molecule has 0 aliphatic carbocycles. The summed E-state index contributed by atoms with van der Waals surface area (Å²) in [4.78, 5) is 0. The van der Waals surface area contributed by atoms with E-state index >= 15 is 0 Å². The molecule has 13 heavy (non-hydrogen) atoms. The first-order chi connectivity index (χ1) is 5.63. The predicted molar refractivity (Wildman–Crippen MR) is 42.7 cm³/mol. The van der Waals surface area contributed by atoms with Crippen LogP contribution >= 0.6 is 11.8 Å². The van der Waals surface area contributed by atoms with E-state index in [1.54, 1.807) is 0 Å². The van der Waals surface area contributed by atoms with E-state index in [4.69, 9.17) is 4.55 Å². The van der Waals surface area contributed by atoms with Crippen molar-refractivity contribution in [1.29, 1.82) is 0 Å². The summed E-state index contributed by atoms with van der Waals surface area (Å²) in [5, 5.41) is 0. The van der Waals surface area contributed by atoms with Gasteiger partial charge in [-0.15, -0.1) is 0 Å². The number of rotatable bonds is 4. The van der Waals surface area contributed by atoms with Crippen molar-refractivity contribution in [3.05, 3.63) is 0 Å². The molecule has 80 valence electrons. The molecule has 0 amide bonds. The van der Waals surface area contributed by atoms with E-state index in [9.17, 15) is 21.6 Å². The SMILES string of the molecule is CN(CCSC(F)(F)F)S(=O)(=O)O. The Morgan fingerprint density at radius 2 is 1.92 bits per heavy atom. The Labute approximate surface area is 78.0 Å². The van der Waals surface area contributed by atoms with Gasteiger partial charge in [0.25, 0.3) is 0 Å². The number of hydrogen-bond donors (Lipinski definition) is 1. The van der Waals surface area contributed by atoms with Crippen molar-refractivity contribution in [2.75, 3.05) is 19.3 Å². The average molecular weight is 239 g/mol. The van der Waals surface area contributed by atoms with Gasteiger partial charge in [0, 0.05) is 19.3 Å². The van der Waals surface area contributed by atoms with Crippen LogP contribution in [0.5, 0.6) is 0 Å². The van der Waals surface area contributed by atoms with Gasteiger partial charge in [0.1, 0.15) is 0 Å². The molecule has 9 heteroatoms. The van der Waals surface area contributed by atoms with Crippen LogP contribution in [-0.4, -0.2) is 42.1 Å². The van der Waals surface area contributed by atoms with Gasteiger partial charge in [0.15, 0.2) is 0 Å². The Hall–Kier alpha value is 0.01000. The standard InChI is InChI=1S/C4H8F3NO3S2/c1-8(13(9,10)11)2-3-12-4(5,6)7/h2-3H2,1H3,(H,9,10,11). The lowest BCUT2D eigenvalue weighted by Crippen LogP contribution is -2.28. The van der Waals surface area contributed by atoms with Crippen molar-refractivity contribution >= 4 is 22.1 Å². The molecule has 0 saturated heterocycles. The third kappa shape index (κ3) is 7.11. The fourth-order valence-corrected chi connectivity index (χ4v) is 1.44. The maximum atomic E-state index is 11.5. The van der Waals surface area contributed by atoms with Crippen LogP contribution in [0, 0.1) is 0 Å². The first kappa shape index (κ1) is 13.0. The highest BCUT2D eigenvalue weighted by Crippen LogP contribution is 2.29. The van der Waals surface area contributed by atoms with Gasteiger partial charge in [-0.1, -0.05) is 0 Å². The Balaban J connectivity index is 3.80. The molecule has 0 spiro atoms. The third-order valence-electron chi connectivity index (χ3n) is 1.07. The van der Waals surface area contributed by atoms with Crippen LogP contribution in [0.25, 0.3) is 0 Å². The first-order valence-electron chi connectivity index (χ1n) is 3.02. The second kappa shape index (κ2) is 4.49. The summed E-state index contributed by atoms with van der Waals surface area (Å²) in [6.45, 7) is -0.386. The molecule has 0 aromatic heterocycles. The molecule has 0 aliphatic rings. The molecule has 0 aromatic rings. The molecule has 0 fully saturated rings. The van der Waals surface area contributed by atoms with Gasteiger partial charge >= 0.3 is 15.8 Å². The van der Waals surface area contributed by atoms with Crippen molar-refractivity contribution in [1.82, 2.24) is 4.31 Å². The van der Waals surface area contributed by atoms with E-state index in [1.807, 2.05) is 0 Å². The molecule has 4 nitrogen and oxygen atoms in total. The normalized spacial score (nSPS) is 13.7. The number of alkyl halides is 3. The van der Waals surface area contributed by atoms with Crippen LogP contribution in [0.1, 0.15) is 0 Å². The van der Waals surface area contributed by atoms with E-state index < -0.39 is 21.6 Å². The molecule has 0 atom stereocenters. The zero-order valence-corrected chi connectivity index (χ0v) is 8.21. The molecule has 0 radical (unpaired) electrons. The van der Waals surface area contributed by atoms with Crippen molar-refractivity contribution in [2.24, 2.45) is 0 Å². The molecule has 0 rings (SSSR count). The van der Waals surface area contributed by atoms with Gasteiger partial charge in [-0.05, 0) is 11.8 Å². The Kier molecular flexibility index (Phi) is 4.49. The van der Waals surface area contributed by atoms with Crippen LogP contribution in [-0.2, 0) is 10.3 Å². The Morgan fingerprint density at radius 3 is 2.23 bits per heavy atom. The zero-order valence-electron chi connectivity index (χ0n) is 6.58. The van der Waals surface area contributed by atoms with Gasteiger partial charge in [-0.3, -0.25) is 4.55 Å². The number of halogens is 3. The van der Waals surface area contributed by atoms with Crippen LogP contribution in [0.2, 0.25) is 0 Å². The van der Waals surface area contributed by atoms with Crippen molar-refractivity contribution in [2.45, 2.75) is 5.51 Å². The quantitative estimate of drug-likeness (QED) is 0.743. The van der Waals surface area contributed by atoms with Gasteiger partial charge in [0.05, 0.1) is 0 Å². The third-order valence-corrected chi connectivity index (χ3v) is 2.75. The smallest absolute Gasteiger partial charge is 0.273 e. The minimum atomic E-state index is -4.37. The highest BCUT2D eigenvalue weighted by molar-refractivity contribution is 8.00. The average Bonchev–Trinajstić information content (AvgIpc) is 1.82. The molecule has 0 aromatic carbocycles. The van der Waals surface area contributed by atoms with Gasteiger partial charge in [0.2, 0.25) is 0 Å². The summed E-state index contributed by atoms with van der Waals surface area (Å²) in [6.07, 6.45) is 0. The van der Waals surface area contributed by atoms with E-state index in [-0.39, 0.29) is 18.3 Å². The first-order valence-corrected chi connectivity index (χ1v) is 5.40. The maximum Gasteiger partial charge on any atom is 0.441 e. The minimum absolute atomic E-state index is 0.339. The lowest BCUT2D eigenvalue weighted by atomic mass is 10.8. The second-order valence-corrected chi connectivity index (χ2v) is 4.77. The maximum absolute atomic E-state index is 11.5. The highest BCUT2D eigenvalue weighted by atomic mass is 32.2. The Morgan fingerprint density at radius 1 is 1.46 bits per heavy atom. The summed E-state index contributed by atoms with van der Waals surface area (Å²) in [5.41, 5.74) is -4.37. The molecule has 1 N–H and O–H groups in total. The zero-order chi connectivity index (χ0) is 10.7. The fraction of sp³-hybridized carbons (Fsp3) is 1.00. The van der Waals surface area contributed by atoms with Crippen LogP contribution < -0.4 is 0 Å². The molecule has 0 unspecified atom stereocenters. The van der Waals surface area contributed by atoms with Gasteiger partial charge < -0.3 is 0 Å². The lowest BCUT2D eigenvalue weighted by molar-refractivity contribution is -0.0328. The summed E-state index contributed by atoms with van der Waals surface area (Å²) < 4.78 is 63.9. The van der Waals surface area contributed by atoms with E-state index in [0.29, 0.717) is 4.31 Å². The number of nitrogens with zero attached hydrogens (tertiary/aromatic N) is 1. The largest absolute Gasteiger partial charge is 0.441 e. The van der Waals surface area contributed by atoms with Crippen molar-refractivity contribution in [3.8, 4) is 0 Å². The second-order valence-electron chi connectivity index (χ2n) is 2.09. The lowest BCUT2D eigenvalue weighted by Gasteiger charge is -2.12. The summed E-state index contributed by atoms with van der Waals surface area (Å²) in [7, 11) is -3.38. The summed E-state index contributed by atoms with van der Waals surface area (Å²) in [6, 6.07) is 0. The van der Waals surface area contributed by atoms with E-state index in [1.165, 1.54) is 0 Å². The summed E-state index contributed by atoms with van der Waals surface area (Å²) in [5.74, 6) is -0.445. The van der Waals surface area contributed by atoms with Gasteiger partial charge in [-0.2, -0.15) is 25.9 Å². The van der Waals surface area contributed by atoms with Crippen molar-refractivity contribution < 1.29 is 26.1 Å². The minimum Gasteiger partial charge on any atom is -0.273 e. The van der Waals surface area contributed by atoms with E-state index in [0.717, 1.165) is 7.05 Å².